The van der Waals surface area contributed by atoms with Gasteiger partial charge >= 0.3 is 6.01 Å². The third-order valence-electron chi connectivity index (χ3n) is 7.78. The molecule has 3 aromatic heterocycles. The van der Waals surface area contributed by atoms with E-state index in [4.69, 9.17) is 4.74 Å². The topological polar surface area (TPSA) is 158 Å². The molecule has 1 aliphatic heterocycles. The average Bonchev–Trinajstić information content (AvgIpc) is 3.62. The molecule has 2 fully saturated rings. The van der Waals surface area contributed by atoms with Crippen molar-refractivity contribution in [3.63, 3.8) is 0 Å². The van der Waals surface area contributed by atoms with Crippen LogP contribution in [0, 0.1) is 17.6 Å². The highest BCUT2D eigenvalue weighted by Gasteiger charge is 2.50. The lowest BCUT2D eigenvalue weighted by atomic mass is 9.90. The summed E-state index contributed by atoms with van der Waals surface area (Å²) in [5.41, 5.74) is 0.458. The smallest absolute Gasteiger partial charge is 0.324 e. The summed E-state index contributed by atoms with van der Waals surface area (Å²) in [6.07, 6.45) is 4.77. The molecule has 1 aliphatic carbocycles. The van der Waals surface area contributed by atoms with E-state index in [1.807, 2.05) is 0 Å². The molecule has 1 saturated carbocycles. The lowest BCUT2D eigenvalue weighted by Crippen LogP contribution is -2.49. The zero-order valence-corrected chi connectivity index (χ0v) is 21.6. The van der Waals surface area contributed by atoms with Crippen LogP contribution in [0.4, 0.5) is 14.5 Å². The Balaban J connectivity index is 1.51. The summed E-state index contributed by atoms with van der Waals surface area (Å²) in [5, 5.41) is 16.3. The van der Waals surface area contributed by atoms with Gasteiger partial charge in [0, 0.05) is 37.7 Å². The first-order valence-corrected chi connectivity index (χ1v) is 12.7. The fourth-order valence-corrected chi connectivity index (χ4v) is 5.97. The minimum absolute atomic E-state index is 0.0126. The number of piperidine rings is 1. The standard InChI is InChI=1S/C26H26F2N8O4/c1-12(39)23-29-8-14(9-30-23)40-25-33-17(6-26-4-13(7-32-26)16(5-26)31-10-37)19-20-21(28)15(27)3-18(36(2)11-38)22(20)34-24(19)35-25/h3,8-13,16,32,39H,4-7H2,1-2H3,(H,31,37)(H,33,34,35)/t12-,13-,16-,26-/m1/s1. The first-order valence-electron chi connectivity index (χ1n) is 12.7. The van der Waals surface area contributed by atoms with Gasteiger partial charge in [-0.2, -0.15) is 9.97 Å². The maximum Gasteiger partial charge on any atom is 0.324 e. The zero-order chi connectivity index (χ0) is 28.2. The largest absolute Gasteiger partial charge is 0.421 e. The highest BCUT2D eigenvalue weighted by atomic mass is 19.2. The number of aromatic nitrogens is 5. The lowest BCUT2D eigenvalue weighted by molar-refractivity contribution is -0.110. The number of nitrogens with one attached hydrogen (secondary N) is 3. The Morgan fingerprint density at radius 1 is 1.25 bits per heavy atom. The van der Waals surface area contributed by atoms with Crippen molar-refractivity contribution in [3.05, 3.63) is 41.6 Å². The van der Waals surface area contributed by atoms with Crippen LogP contribution >= 0.6 is 0 Å². The Morgan fingerprint density at radius 2 is 2.02 bits per heavy atom. The summed E-state index contributed by atoms with van der Waals surface area (Å²) in [4.78, 5) is 44.0. The van der Waals surface area contributed by atoms with Gasteiger partial charge in [0.05, 0.1) is 40.1 Å². The van der Waals surface area contributed by atoms with E-state index in [0.29, 0.717) is 37.9 Å². The van der Waals surface area contributed by atoms with E-state index in [9.17, 15) is 19.1 Å². The molecule has 0 unspecified atom stereocenters. The second kappa shape index (κ2) is 9.71. The first-order chi connectivity index (χ1) is 19.2. The molecule has 0 spiro atoms. The molecule has 4 aromatic rings. The molecule has 208 valence electrons. The second-order valence-corrected chi connectivity index (χ2v) is 10.4. The molecule has 2 amide bonds. The highest BCUT2D eigenvalue weighted by Crippen LogP contribution is 2.44. The number of amides is 2. The number of carbonyl (C=O) groups excluding carboxylic acids is 2. The number of anilines is 1. The molecular weight excluding hydrogens is 526 g/mol. The van der Waals surface area contributed by atoms with E-state index >= 15 is 4.39 Å². The third kappa shape index (κ3) is 4.29. The van der Waals surface area contributed by atoms with Crippen LogP contribution in [0.1, 0.15) is 37.4 Å². The van der Waals surface area contributed by atoms with Crippen LogP contribution in [-0.4, -0.2) is 68.0 Å². The number of ether oxygens (including phenoxy) is 1. The van der Waals surface area contributed by atoms with Gasteiger partial charge in [-0.25, -0.2) is 18.7 Å². The molecule has 4 heterocycles. The molecule has 0 radical (unpaired) electrons. The number of hydrogen-bond acceptors (Lipinski definition) is 9. The van der Waals surface area contributed by atoms with Crippen molar-refractivity contribution in [1.82, 2.24) is 35.6 Å². The van der Waals surface area contributed by atoms with Crippen LogP contribution in [-0.2, 0) is 16.0 Å². The SMILES string of the molecule is C[C@@H](O)c1ncc(Oc2nc(C[C@]34C[C@H](CN3)[C@H](NC=O)C4)c3c(n2)[nH]c2c(N(C)C=O)cc(F)c(F)c23)cn1. The fourth-order valence-electron chi connectivity index (χ4n) is 5.97. The van der Waals surface area contributed by atoms with Crippen LogP contribution in [0.15, 0.2) is 18.5 Å². The third-order valence-corrected chi connectivity index (χ3v) is 7.78. The molecule has 12 nitrogen and oxygen atoms in total. The van der Waals surface area contributed by atoms with Gasteiger partial charge in [0.1, 0.15) is 11.8 Å². The van der Waals surface area contributed by atoms with Gasteiger partial charge in [-0.05, 0) is 25.7 Å². The minimum atomic E-state index is -1.12. The van der Waals surface area contributed by atoms with Crippen molar-refractivity contribution in [2.75, 3.05) is 18.5 Å². The van der Waals surface area contributed by atoms with Gasteiger partial charge in [-0.15, -0.1) is 0 Å². The van der Waals surface area contributed by atoms with Gasteiger partial charge in [-0.3, -0.25) is 9.59 Å². The van der Waals surface area contributed by atoms with Crippen molar-refractivity contribution >= 4 is 40.4 Å². The van der Waals surface area contributed by atoms with Crippen LogP contribution in [0.2, 0.25) is 0 Å². The number of carbonyl (C=O) groups is 2. The van der Waals surface area contributed by atoms with E-state index in [0.717, 1.165) is 17.4 Å². The molecule has 40 heavy (non-hydrogen) atoms. The Morgan fingerprint density at radius 3 is 2.73 bits per heavy atom. The number of aliphatic hydroxyl groups is 1. The molecule has 6 rings (SSSR count). The van der Waals surface area contributed by atoms with Gasteiger partial charge in [-0.1, -0.05) is 0 Å². The molecule has 1 aromatic carbocycles. The van der Waals surface area contributed by atoms with E-state index in [1.54, 1.807) is 0 Å². The van der Waals surface area contributed by atoms with Crippen molar-refractivity contribution in [3.8, 4) is 11.8 Å². The highest BCUT2D eigenvalue weighted by molar-refractivity contribution is 6.12. The number of halogens is 2. The molecule has 4 atom stereocenters. The zero-order valence-electron chi connectivity index (χ0n) is 21.6. The Bertz CT molecular complexity index is 1630. The number of H-pyrrole nitrogens is 1. The predicted molar refractivity (Wildman–Crippen MR) is 139 cm³/mol. The maximum atomic E-state index is 15.4. The van der Waals surface area contributed by atoms with Crippen LogP contribution in [0.25, 0.3) is 21.9 Å². The Labute approximate surface area is 226 Å². The Kier molecular flexibility index (Phi) is 6.30. The van der Waals surface area contributed by atoms with Gasteiger partial charge in [0.25, 0.3) is 0 Å². The number of nitrogens with zero attached hydrogens (tertiary/aromatic N) is 5. The molecule has 14 heteroatoms. The quantitative estimate of drug-likeness (QED) is 0.228. The van der Waals surface area contributed by atoms with Crippen molar-refractivity contribution in [2.45, 2.75) is 43.9 Å². The van der Waals surface area contributed by atoms with Crippen LogP contribution in [0.3, 0.4) is 0 Å². The summed E-state index contributed by atoms with van der Waals surface area (Å²) >= 11 is 0. The number of hydrogen-bond donors (Lipinski definition) is 4. The van der Waals surface area contributed by atoms with Crippen molar-refractivity contribution in [2.24, 2.45) is 5.92 Å². The minimum Gasteiger partial charge on any atom is -0.421 e. The summed E-state index contributed by atoms with van der Waals surface area (Å²) < 4.78 is 36.1. The predicted octanol–water partition coefficient (Wildman–Crippen LogP) is 2.03. The molecule has 1 saturated heterocycles. The normalized spacial score (nSPS) is 22.5. The maximum absolute atomic E-state index is 15.4. The van der Waals surface area contributed by atoms with E-state index in [1.165, 1.54) is 26.4 Å². The second-order valence-electron chi connectivity index (χ2n) is 10.4. The van der Waals surface area contributed by atoms with Gasteiger partial charge in [0.2, 0.25) is 12.8 Å². The Hall–Kier alpha value is -4.30. The summed E-state index contributed by atoms with van der Waals surface area (Å²) in [5.74, 6) is -1.56. The molecular formula is C26H26F2N8O4. The molecule has 4 N–H and O–H groups in total. The van der Waals surface area contributed by atoms with Gasteiger partial charge < -0.3 is 30.4 Å². The van der Waals surface area contributed by atoms with Crippen LogP contribution < -0.4 is 20.3 Å². The fraction of sp³-hybridized carbons (Fsp3) is 0.385. The monoisotopic (exact) mass is 552 g/mol. The first kappa shape index (κ1) is 26.0. The van der Waals surface area contributed by atoms with E-state index < -0.39 is 23.3 Å². The van der Waals surface area contributed by atoms with Gasteiger partial charge in [0.15, 0.2) is 23.2 Å². The lowest BCUT2D eigenvalue weighted by Gasteiger charge is -2.31. The summed E-state index contributed by atoms with van der Waals surface area (Å²) in [6, 6.07) is 0.850. The van der Waals surface area contributed by atoms with Crippen molar-refractivity contribution in [1.29, 1.82) is 0 Å². The van der Waals surface area contributed by atoms with E-state index in [2.05, 4.69) is 35.6 Å². The number of benzene rings is 1. The molecule has 2 aliphatic rings. The van der Waals surface area contributed by atoms with Crippen molar-refractivity contribution < 1.29 is 28.2 Å². The summed E-state index contributed by atoms with van der Waals surface area (Å²) in [7, 11) is 1.43. The number of aliphatic hydroxyl groups excluding tert-OH is 1. The van der Waals surface area contributed by atoms with E-state index in [-0.39, 0.29) is 57.2 Å². The summed E-state index contributed by atoms with van der Waals surface area (Å²) in [6.45, 7) is 2.23. The number of fused-ring (bicyclic) bond motifs is 5. The number of rotatable bonds is 9. The average molecular weight is 553 g/mol. The van der Waals surface area contributed by atoms with Crippen LogP contribution in [0.5, 0.6) is 11.8 Å². The molecule has 2 bridgehead atoms. The number of aromatic amines is 1.